The van der Waals surface area contributed by atoms with Crippen molar-refractivity contribution in [1.29, 1.82) is 0 Å². The van der Waals surface area contributed by atoms with Gasteiger partial charge in [-0.3, -0.25) is 0 Å². The number of fused-ring (bicyclic) bond motifs is 1. The molecule has 25 heavy (non-hydrogen) atoms. The van der Waals surface area contributed by atoms with Crippen molar-refractivity contribution in [2.45, 2.75) is 70.6 Å². The second kappa shape index (κ2) is 12.0. The molecule has 142 valence electrons. The van der Waals surface area contributed by atoms with Crippen LogP contribution in [0, 0.1) is 5.92 Å². The Bertz CT molecular complexity index is 491. The van der Waals surface area contributed by atoms with Gasteiger partial charge < -0.3 is 10.8 Å². The molecule has 1 aromatic rings. The molecule has 1 aliphatic rings. The molecule has 3 heteroatoms. The van der Waals surface area contributed by atoms with Gasteiger partial charge in [0.25, 0.3) is 0 Å². The highest BCUT2D eigenvalue weighted by atomic mass is 32.2. The number of aryl methyl sites for hydroxylation is 1. The van der Waals surface area contributed by atoms with E-state index >= 15 is 0 Å². The zero-order chi connectivity index (χ0) is 17.9. The minimum atomic E-state index is 0.291. The molecule has 3 N–H and O–H groups in total. The summed E-state index contributed by atoms with van der Waals surface area (Å²) in [6.07, 6.45) is 11.0. The standard InChI is InChI=1S/C22H37NOS/c1-2-3-6-13-25-17-18-8-9-20-15-21(11-10-19(20)14-18)22(16-23)7-4-5-12-24/h10-11,15,18,22,24H,2-9,12-14,16-17,23H2,1H3/t18-,22-/m0/s1. The maximum Gasteiger partial charge on any atom is 0.0431 e. The third kappa shape index (κ3) is 6.96. The van der Waals surface area contributed by atoms with E-state index in [9.17, 15) is 0 Å². The molecule has 2 rings (SSSR count). The van der Waals surface area contributed by atoms with E-state index in [4.69, 9.17) is 10.8 Å². The van der Waals surface area contributed by atoms with E-state index in [2.05, 4.69) is 36.9 Å². The van der Waals surface area contributed by atoms with Gasteiger partial charge in [-0.05, 0) is 85.1 Å². The van der Waals surface area contributed by atoms with Gasteiger partial charge in [-0.25, -0.2) is 0 Å². The van der Waals surface area contributed by atoms with E-state index in [0.29, 0.717) is 19.1 Å². The molecule has 1 aliphatic carbocycles. The van der Waals surface area contributed by atoms with E-state index in [1.54, 1.807) is 11.1 Å². The molecule has 0 amide bonds. The minimum absolute atomic E-state index is 0.291. The molecule has 0 spiro atoms. The number of aliphatic hydroxyl groups is 1. The predicted octanol–water partition coefficient (Wildman–Crippen LogP) is 4.92. The summed E-state index contributed by atoms with van der Waals surface area (Å²) in [5.41, 5.74) is 10.5. The lowest BCUT2D eigenvalue weighted by Crippen LogP contribution is -2.18. The third-order valence-corrected chi connectivity index (χ3v) is 6.81. The zero-order valence-electron chi connectivity index (χ0n) is 16.0. The van der Waals surface area contributed by atoms with Crippen LogP contribution < -0.4 is 5.73 Å². The van der Waals surface area contributed by atoms with Crippen LogP contribution in [0.5, 0.6) is 0 Å². The normalized spacial score (nSPS) is 18.1. The summed E-state index contributed by atoms with van der Waals surface area (Å²) in [5, 5.41) is 8.98. The van der Waals surface area contributed by atoms with Crippen molar-refractivity contribution in [2.75, 3.05) is 24.7 Å². The summed E-state index contributed by atoms with van der Waals surface area (Å²) in [6, 6.07) is 7.11. The topological polar surface area (TPSA) is 46.2 Å². The Morgan fingerprint density at radius 2 is 2.08 bits per heavy atom. The lowest BCUT2D eigenvalue weighted by Gasteiger charge is -2.26. The number of aliphatic hydroxyl groups excluding tert-OH is 1. The first-order chi connectivity index (χ1) is 12.3. The van der Waals surface area contributed by atoms with E-state index in [1.807, 2.05) is 0 Å². The lowest BCUT2D eigenvalue weighted by atomic mass is 9.82. The monoisotopic (exact) mass is 363 g/mol. The summed E-state index contributed by atoms with van der Waals surface area (Å²) in [6.45, 7) is 3.28. The van der Waals surface area contributed by atoms with Crippen molar-refractivity contribution < 1.29 is 5.11 Å². The van der Waals surface area contributed by atoms with Crippen LogP contribution in [0.15, 0.2) is 18.2 Å². The second-order valence-corrected chi connectivity index (χ2v) is 8.72. The average Bonchev–Trinajstić information content (AvgIpc) is 2.65. The van der Waals surface area contributed by atoms with Gasteiger partial charge in [-0.15, -0.1) is 0 Å². The van der Waals surface area contributed by atoms with Gasteiger partial charge in [0.2, 0.25) is 0 Å². The maximum absolute atomic E-state index is 8.98. The summed E-state index contributed by atoms with van der Waals surface area (Å²) >= 11 is 2.16. The number of nitrogens with two attached hydrogens (primary N) is 1. The Morgan fingerprint density at radius 1 is 1.20 bits per heavy atom. The molecule has 0 fully saturated rings. The van der Waals surface area contributed by atoms with Crippen LogP contribution in [0.2, 0.25) is 0 Å². The van der Waals surface area contributed by atoms with Crippen molar-refractivity contribution >= 4 is 11.8 Å². The quantitative estimate of drug-likeness (QED) is 0.518. The molecular formula is C22H37NOS. The van der Waals surface area contributed by atoms with Crippen LogP contribution in [0.3, 0.4) is 0 Å². The Labute approximate surface area is 159 Å². The van der Waals surface area contributed by atoms with E-state index < -0.39 is 0 Å². The van der Waals surface area contributed by atoms with E-state index in [1.165, 1.54) is 55.6 Å². The van der Waals surface area contributed by atoms with Gasteiger partial charge in [-0.2, -0.15) is 11.8 Å². The van der Waals surface area contributed by atoms with Crippen LogP contribution in [-0.4, -0.2) is 29.8 Å². The van der Waals surface area contributed by atoms with Gasteiger partial charge in [0.15, 0.2) is 0 Å². The molecule has 0 aliphatic heterocycles. The predicted molar refractivity (Wildman–Crippen MR) is 112 cm³/mol. The van der Waals surface area contributed by atoms with Gasteiger partial charge in [0.1, 0.15) is 0 Å². The van der Waals surface area contributed by atoms with Crippen molar-refractivity contribution in [3.8, 4) is 0 Å². The van der Waals surface area contributed by atoms with Crippen molar-refractivity contribution in [3.05, 3.63) is 34.9 Å². The number of benzene rings is 1. The second-order valence-electron chi connectivity index (χ2n) is 7.57. The van der Waals surface area contributed by atoms with Crippen LogP contribution in [0.1, 0.15) is 74.5 Å². The highest BCUT2D eigenvalue weighted by Crippen LogP contribution is 2.31. The fraction of sp³-hybridized carbons (Fsp3) is 0.727. The molecule has 1 aromatic carbocycles. The highest BCUT2D eigenvalue weighted by molar-refractivity contribution is 7.99. The molecule has 0 saturated heterocycles. The molecule has 0 saturated carbocycles. The summed E-state index contributed by atoms with van der Waals surface area (Å²) < 4.78 is 0. The molecule has 2 atom stereocenters. The molecule has 0 bridgehead atoms. The Balaban J connectivity index is 1.85. The number of hydrogen-bond acceptors (Lipinski definition) is 3. The van der Waals surface area contributed by atoms with Crippen LogP contribution in [0.4, 0.5) is 0 Å². The van der Waals surface area contributed by atoms with Crippen LogP contribution >= 0.6 is 11.8 Å². The Morgan fingerprint density at radius 3 is 2.84 bits per heavy atom. The van der Waals surface area contributed by atoms with Gasteiger partial charge >= 0.3 is 0 Å². The number of thioether (sulfide) groups is 1. The first-order valence-electron chi connectivity index (χ1n) is 10.3. The minimum Gasteiger partial charge on any atom is -0.396 e. The van der Waals surface area contributed by atoms with Crippen molar-refractivity contribution in [2.24, 2.45) is 11.7 Å². The first kappa shape index (κ1) is 20.8. The molecule has 0 unspecified atom stereocenters. The van der Waals surface area contributed by atoms with Crippen molar-refractivity contribution in [3.63, 3.8) is 0 Å². The maximum atomic E-state index is 8.98. The van der Waals surface area contributed by atoms with Crippen molar-refractivity contribution in [1.82, 2.24) is 0 Å². The smallest absolute Gasteiger partial charge is 0.0431 e. The summed E-state index contributed by atoms with van der Waals surface area (Å²) in [5.74, 6) is 3.98. The third-order valence-electron chi connectivity index (χ3n) is 5.52. The zero-order valence-corrected chi connectivity index (χ0v) is 16.8. The van der Waals surface area contributed by atoms with Crippen LogP contribution in [0.25, 0.3) is 0 Å². The fourth-order valence-corrected chi connectivity index (χ4v) is 5.07. The largest absolute Gasteiger partial charge is 0.396 e. The average molecular weight is 364 g/mol. The van der Waals surface area contributed by atoms with Crippen LogP contribution in [-0.2, 0) is 12.8 Å². The summed E-state index contributed by atoms with van der Waals surface area (Å²) in [7, 11) is 0. The number of hydrogen-bond donors (Lipinski definition) is 2. The van der Waals surface area contributed by atoms with Gasteiger partial charge in [-0.1, -0.05) is 44.4 Å². The first-order valence-corrected chi connectivity index (χ1v) is 11.4. The molecule has 0 aromatic heterocycles. The fourth-order valence-electron chi connectivity index (χ4n) is 3.87. The molecular weight excluding hydrogens is 326 g/mol. The van der Waals surface area contributed by atoms with E-state index in [0.717, 1.165) is 25.2 Å². The van der Waals surface area contributed by atoms with E-state index in [-0.39, 0.29) is 0 Å². The molecule has 0 heterocycles. The Kier molecular flexibility index (Phi) is 9.97. The highest BCUT2D eigenvalue weighted by Gasteiger charge is 2.20. The SMILES string of the molecule is CCCCCSC[C@H]1CCc2cc([C@H](CN)CCCCO)ccc2C1. The molecule has 0 radical (unpaired) electrons. The van der Waals surface area contributed by atoms with Gasteiger partial charge in [0.05, 0.1) is 0 Å². The lowest BCUT2D eigenvalue weighted by molar-refractivity contribution is 0.281. The summed E-state index contributed by atoms with van der Waals surface area (Å²) in [4.78, 5) is 0. The molecule has 2 nitrogen and oxygen atoms in total. The number of rotatable bonds is 12. The van der Waals surface area contributed by atoms with Gasteiger partial charge in [0, 0.05) is 6.61 Å². The Hall–Kier alpha value is -0.510. The number of unbranched alkanes of at least 4 members (excludes halogenated alkanes) is 3.